The van der Waals surface area contributed by atoms with Crippen LogP contribution in [0, 0.1) is 6.92 Å². The van der Waals surface area contributed by atoms with Gasteiger partial charge in [0.25, 0.3) is 0 Å². The van der Waals surface area contributed by atoms with Crippen LogP contribution >= 0.6 is 11.6 Å². The summed E-state index contributed by atoms with van der Waals surface area (Å²) in [5.74, 6) is 0.638. The molecule has 11 nitrogen and oxygen atoms in total. The monoisotopic (exact) mass is 561 g/mol. The second kappa shape index (κ2) is 11.5. The molecule has 12 heteroatoms. The molecule has 5 aromatic rings. The predicted octanol–water partition coefficient (Wildman–Crippen LogP) is 4.66. The Morgan fingerprint density at radius 1 is 1.00 bits per heavy atom. The fourth-order valence-electron chi connectivity index (χ4n) is 4.02. The van der Waals surface area contributed by atoms with Crippen LogP contribution in [0.25, 0.3) is 11.0 Å². The van der Waals surface area contributed by atoms with E-state index in [-0.39, 0.29) is 25.5 Å². The van der Waals surface area contributed by atoms with Gasteiger partial charge in [-0.1, -0.05) is 28.9 Å². The summed E-state index contributed by atoms with van der Waals surface area (Å²) >= 11 is 6.01. The van der Waals surface area contributed by atoms with Gasteiger partial charge in [0, 0.05) is 28.7 Å². The number of aromatic nitrogens is 4. The quantitative estimate of drug-likeness (QED) is 0.255. The molecule has 1 N–H and O–H groups in total. The molecule has 40 heavy (non-hydrogen) atoms. The molecule has 204 valence electrons. The molecule has 0 saturated carbocycles. The highest BCUT2D eigenvalue weighted by atomic mass is 35.5. The summed E-state index contributed by atoms with van der Waals surface area (Å²) in [5, 5.41) is 8.47. The number of rotatable bonds is 9. The molecule has 0 atom stereocenters. The number of aryl methyl sites for hydroxylation is 1. The predicted molar refractivity (Wildman–Crippen MR) is 148 cm³/mol. The zero-order valence-electron chi connectivity index (χ0n) is 21.6. The highest BCUT2D eigenvalue weighted by Gasteiger charge is 2.16. The number of nitrogens with one attached hydrogen (secondary N) is 1. The maximum atomic E-state index is 13.4. The first-order valence-corrected chi connectivity index (χ1v) is 12.6. The highest BCUT2D eigenvalue weighted by Crippen LogP contribution is 2.28. The van der Waals surface area contributed by atoms with E-state index in [2.05, 4.69) is 20.2 Å². The molecule has 3 aromatic carbocycles. The number of hydrogen-bond donors (Lipinski definition) is 1. The van der Waals surface area contributed by atoms with Gasteiger partial charge in [-0.25, -0.2) is 14.2 Å². The van der Waals surface area contributed by atoms with Gasteiger partial charge < -0.3 is 19.3 Å². The lowest BCUT2D eigenvalue weighted by molar-refractivity contribution is -0.140. The van der Waals surface area contributed by atoms with Crippen LogP contribution in [-0.4, -0.2) is 32.4 Å². The van der Waals surface area contributed by atoms with Gasteiger partial charge in [-0.05, 0) is 61.0 Å². The van der Waals surface area contributed by atoms with Crippen molar-refractivity contribution < 1.29 is 18.8 Å². The Morgan fingerprint density at radius 2 is 1.73 bits per heavy atom. The summed E-state index contributed by atoms with van der Waals surface area (Å²) in [6.45, 7) is 1.81. The molecule has 0 aliphatic carbocycles. The Hall–Kier alpha value is -4.90. The lowest BCUT2D eigenvalue weighted by Crippen LogP contribution is -2.43. The van der Waals surface area contributed by atoms with Gasteiger partial charge in [0.05, 0.1) is 25.8 Å². The summed E-state index contributed by atoms with van der Waals surface area (Å²) in [6.07, 6.45) is -0.147. The number of nitrogens with zero attached hydrogens (tertiary/aromatic N) is 4. The zero-order chi connectivity index (χ0) is 28.2. The molecule has 2 aromatic heterocycles. The van der Waals surface area contributed by atoms with Crippen LogP contribution in [0.3, 0.4) is 0 Å². The van der Waals surface area contributed by atoms with Crippen LogP contribution in [0.15, 0.2) is 80.8 Å². The van der Waals surface area contributed by atoms with Gasteiger partial charge in [-0.2, -0.15) is 4.98 Å². The van der Waals surface area contributed by atoms with Crippen molar-refractivity contribution in [2.75, 3.05) is 12.4 Å². The van der Waals surface area contributed by atoms with Gasteiger partial charge in [0.15, 0.2) is 5.58 Å². The number of methoxy groups -OCH3 is 1. The number of benzene rings is 3. The van der Waals surface area contributed by atoms with Crippen LogP contribution in [-0.2, 0) is 22.6 Å². The van der Waals surface area contributed by atoms with E-state index >= 15 is 0 Å². The van der Waals surface area contributed by atoms with Gasteiger partial charge in [-0.15, -0.1) is 0 Å². The highest BCUT2D eigenvalue weighted by molar-refractivity contribution is 6.30. The van der Waals surface area contributed by atoms with Crippen LogP contribution in [0.1, 0.15) is 17.7 Å². The third-order valence-electron chi connectivity index (χ3n) is 6.14. The lowest BCUT2D eigenvalue weighted by atomic mass is 10.2. The Kier molecular flexibility index (Phi) is 7.65. The SMILES string of the molecule is COC(=O)CCn1c(=O)nc(Nc2ccc(Oc3ccc4c(C)noc4c3)cc2)n(Cc2ccc(Cl)cc2)c1=O. The first kappa shape index (κ1) is 26.7. The Labute approximate surface area is 232 Å². The molecule has 0 unspecified atom stereocenters. The smallest absolute Gasteiger partial charge is 0.354 e. The van der Waals surface area contributed by atoms with Crippen molar-refractivity contribution in [1.82, 2.24) is 19.3 Å². The van der Waals surface area contributed by atoms with E-state index in [4.69, 9.17) is 20.9 Å². The van der Waals surface area contributed by atoms with E-state index in [1.807, 2.05) is 19.1 Å². The standard InChI is InChI=1S/C28H24ClN5O6/c1-17-23-12-11-22(15-24(23)40-32-17)39-21-9-7-20(8-10-21)30-26-31-27(36)33(14-13-25(35)38-2)28(37)34(26)16-18-3-5-19(29)6-4-18/h3-12,15H,13-14,16H2,1-2H3,(H,30,31,36). The normalized spacial score (nSPS) is 11.0. The van der Waals surface area contributed by atoms with Gasteiger partial charge in [0.2, 0.25) is 5.95 Å². The van der Waals surface area contributed by atoms with Gasteiger partial charge in [0.1, 0.15) is 11.5 Å². The number of halogens is 1. The second-order valence-electron chi connectivity index (χ2n) is 8.87. The summed E-state index contributed by atoms with van der Waals surface area (Å²) in [7, 11) is 1.24. The number of ether oxygens (including phenoxy) is 2. The number of esters is 1. The van der Waals surface area contributed by atoms with Crippen LogP contribution < -0.4 is 21.4 Å². The summed E-state index contributed by atoms with van der Waals surface area (Å²) in [5.41, 5.74) is 1.34. The van der Waals surface area contributed by atoms with Crippen molar-refractivity contribution in [2.24, 2.45) is 0 Å². The molecular formula is C28H24ClN5O6. The molecule has 0 bridgehead atoms. The van der Waals surface area contributed by atoms with Crippen molar-refractivity contribution in [1.29, 1.82) is 0 Å². The number of fused-ring (bicyclic) bond motifs is 1. The van der Waals surface area contributed by atoms with Crippen LogP contribution in [0.4, 0.5) is 11.6 Å². The molecule has 5 rings (SSSR count). The summed E-state index contributed by atoms with van der Waals surface area (Å²) in [4.78, 5) is 41.8. The largest absolute Gasteiger partial charge is 0.469 e. The van der Waals surface area contributed by atoms with E-state index in [1.54, 1.807) is 54.6 Å². The van der Waals surface area contributed by atoms with E-state index < -0.39 is 17.3 Å². The minimum absolute atomic E-state index is 0.0408. The van der Waals surface area contributed by atoms with E-state index in [9.17, 15) is 14.4 Å². The van der Waals surface area contributed by atoms with Crippen molar-refractivity contribution in [3.05, 3.63) is 104 Å². The maximum Gasteiger partial charge on any atom is 0.354 e. The first-order valence-electron chi connectivity index (χ1n) is 12.2. The van der Waals surface area contributed by atoms with E-state index in [0.717, 1.165) is 21.2 Å². The molecule has 0 radical (unpaired) electrons. The molecule has 0 saturated heterocycles. The molecule has 2 heterocycles. The Morgan fingerprint density at radius 3 is 2.45 bits per heavy atom. The molecule has 0 aliphatic heterocycles. The Bertz CT molecular complexity index is 1790. The Balaban J connectivity index is 1.41. The summed E-state index contributed by atoms with van der Waals surface area (Å²) < 4.78 is 18.1. The molecule has 0 spiro atoms. The summed E-state index contributed by atoms with van der Waals surface area (Å²) in [6, 6.07) is 19.3. The molecule has 0 fully saturated rings. The number of hydrogen-bond acceptors (Lipinski definition) is 9. The topological polar surface area (TPSA) is 130 Å². The molecule has 0 amide bonds. The third kappa shape index (κ3) is 5.89. The van der Waals surface area contributed by atoms with Gasteiger partial charge in [-0.3, -0.25) is 9.36 Å². The molecule has 0 aliphatic rings. The maximum absolute atomic E-state index is 13.4. The van der Waals surface area contributed by atoms with Crippen molar-refractivity contribution in [3.63, 3.8) is 0 Å². The average molecular weight is 562 g/mol. The third-order valence-corrected chi connectivity index (χ3v) is 6.39. The molecular weight excluding hydrogens is 538 g/mol. The lowest BCUT2D eigenvalue weighted by Gasteiger charge is -2.16. The zero-order valence-corrected chi connectivity index (χ0v) is 22.3. The minimum Gasteiger partial charge on any atom is -0.469 e. The number of carbonyl (C=O) groups excluding carboxylic acids is 1. The van der Waals surface area contributed by atoms with E-state index in [1.165, 1.54) is 11.7 Å². The van der Waals surface area contributed by atoms with Crippen LogP contribution in [0.5, 0.6) is 11.5 Å². The van der Waals surface area contributed by atoms with Gasteiger partial charge >= 0.3 is 17.3 Å². The van der Waals surface area contributed by atoms with Crippen molar-refractivity contribution in [3.8, 4) is 11.5 Å². The fraction of sp³-hybridized carbons (Fsp3) is 0.179. The average Bonchev–Trinajstić information content (AvgIpc) is 3.32. The van der Waals surface area contributed by atoms with E-state index in [0.29, 0.717) is 27.8 Å². The minimum atomic E-state index is -0.790. The number of carbonyl (C=O) groups is 1. The fourth-order valence-corrected chi connectivity index (χ4v) is 4.14. The number of anilines is 2. The van der Waals surface area contributed by atoms with Crippen molar-refractivity contribution in [2.45, 2.75) is 26.4 Å². The van der Waals surface area contributed by atoms with Crippen molar-refractivity contribution >= 4 is 40.2 Å². The van der Waals surface area contributed by atoms with Crippen LogP contribution in [0.2, 0.25) is 5.02 Å². The second-order valence-corrected chi connectivity index (χ2v) is 9.30. The first-order chi connectivity index (χ1) is 19.3.